The zero-order chi connectivity index (χ0) is 11.3. The van der Waals surface area contributed by atoms with E-state index < -0.39 is 0 Å². The standard InChI is InChI=1S/C9H16N4O2/c1-6(4-10)3-9(14)11-5-8-12-7(2)15-13-8/h6H,3-5,10H2,1-2H3,(H,11,14). The summed E-state index contributed by atoms with van der Waals surface area (Å²) in [5.41, 5.74) is 5.41. The van der Waals surface area contributed by atoms with Crippen LogP contribution in [0.15, 0.2) is 4.52 Å². The van der Waals surface area contributed by atoms with Gasteiger partial charge in [0.25, 0.3) is 0 Å². The van der Waals surface area contributed by atoms with Gasteiger partial charge in [0, 0.05) is 13.3 Å². The molecule has 3 N–H and O–H groups in total. The van der Waals surface area contributed by atoms with Crippen LogP contribution in [-0.4, -0.2) is 22.6 Å². The number of aromatic nitrogens is 2. The van der Waals surface area contributed by atoms with Gasteiger partial charge in [0.2, 0.25) is 11.8 Å². The number of aryl methyl sites for hydroxylation is 1. The highest BCUT2D eigenvalue weighted by Gasteiger charge is 2.08. The molecule has 6 heteroatoms. The summed E-state index contributed by atoms with van der Waals surface area (Å²) < 4.78 is 4.77. The Morgan fingerprint density at radius 2 is 2.40 bits per heavy atom. The van der Waals surface area contributed by atoms with E-state index in [4.69, 9.17) is 10.3 Å². The maximum Gasteiger partial charge on any atom is 0.223 e. The Morgan fingerprint density at radius 1 is 1.67 bits per heavy atom. The van der Waals surface area contributed by atoms with Gasteiger partial charge in [-0.2, -0.15) is 4.98 Å². The fourth-order valence-electron chi connectivity index (χ4n) is 1.06. The van der Waals surface area contributed by atoms with Gasteiger partial charge >= 0.3 is 0 Å². The maximum absolute atomic E-state index is 11.3. The lowest BCUT2D eigenvalue weighted by Crippen LogP contribution is -2.27. The topological polar surface area (TPSA) is 94.0 Å². The number of nitrogens with two attached hydrogens (primary N) is 1. The lowest BCUT2D eigenvalue weighted by atomic mass is 10.1. The van der Waals surface area contributed by atoms with Gasteiger partial charge < -0.3 is 15.6 Å². The first-order valence-electron chi connectivity index (χ1n) is 4.87. The van der Waals surface area contributed by atoms with E-state index in [-0.39, 0.29) is 11.8 Å². The molecule has 0 saturated carbocycles. The molecule has 1 unspecified atom stereocenters. The average molecular weight is 212 g/mol. The number of hydrogen-bond acceptors (Lipinski definition) is 5. The first-order valence-corrected chi connectivity index (χ1v) is 4.87. The van der Waals surface area contributed by atoms with Crippen molar-refractivity contribution in [2.45, 2.75) is 26.8 Å². The number of amides is 1. The zero-order valence-electron chi connectivity index (χ0n) is 8.99. The Morgan fingerprint density at radius 3 is 2.93 bits per heavy atom. The van der Waals surface area contributed by atoms with E-state index in [9.17, 15) is 4.79 Å². The second-order valence-corrected chi connectivity index (χ2v) is 3.55. The molecular formula is C9H16N4O2. The number of nitrogens with zero attached hydrogens (tertiary/aromatic N) is 2. The van der Waals surface area contributed by atoms with Crippen molar-refractivity contribution in [3.8, 4) is 0 Å². The minimum Gasteiger partial charge on any atom is -0.349 e. The monoisotopic (exact) mass is 212 g/mol. The maximum atomic E-state index is 11.3. The smallest absolute Gasteiger partial charge is 0.223 e. The van der Waals surface area contributed by atoms with Crippen LogP contribution in [0.3, 0.4) is 0 Å². The van der Waals surface area contributed by atoms with E-state index >= 15 is 0 Å². The van der Waals surface area contributed by atoms with Crippen molar-refractivity contribution in [1.29, 1.82) is 0 Å². The second-order valence-electron chi connectivity index (χ2n) is 3.55. The van der Waals surface area contributed by atoms with Crippen LogP contribution >= 0.6 is 0 Å². The summed E-state index contributed by atoms with van der Waals surface area (Å²) in [4.78, 5) is 15.3. The van der Waals surface area contributed by atoms with Crippen LogP contribution in [0.4, 0.5) is 0 Å². The quantitative estimate of drug-likeness (QED) is 0.715. The average Bonchev–Trinajstić information content (AvgIpc) is 2.61. The van der Waals surface area contributed by atoms with Crippen molar-refractivity contribution in [1.82, 2.24) is 15.5 Å². The molecule has 0 bridgehead atoms. The lowest BCUT2D eigenvalue weighted by Gasteiger charge is -2.07. The molecule has 0 aliphatic carbocycles. The molecule has 6 nitrogen and oxygen atoms in total. The van der Waals surface area contributed by atoms with Crippen LogP contribution in [0.2, 0.25) is 0 Å². The predicted octanol–water partition coefficient (Wildman–Crippen LogP) is -0.0209. The number of carbonyl (C=O) groups excluding carboxylic acids is 1. The number of rotatable bonds is 5. The minimum atomic E-state index is -0.0459. The third-order valence-corrected chi connectivity index (χ3v) is 1.95. The molecule has 1 aromatic heterocycles. The van der Waals surface area contributed by atoms with E-state index in [0.29, 0.717) is 31.2 Å². The largest absolute Gasteiger partial charge is 0.349 e. The van der Waals surface area contributed by atoms with E-state index in [1.807, 2.05) is 6.92 Å². The van der Waals surface area contributed by atoms with E-state index in [0.717, 1.165) is 0 Å². The van der Waals surface area contributed by atoms with Crippen molar-refractivity contribution < 1.29 is 9.32 Å². The Kier molecular flexibility index (Phi) is 4.23. The van der Waals surface area contributed by atoms with Crippen LogP contribution in [0, 0.1) is 12.8 Å². The molecule has 84 valence electrons. The molecule has 0 saturated heterocycles. The molecule has 0 aromatic carbocycles. The molecule has 0 radical (unpaired) electrons. The Labute approximate surface area is 88.2 Å². The molecule has 1 aromatic rings. The third kappa shape index (κ3) is 4.07. The Hall–Kier alpha value is -1.43. The highest BCUT2D eigenvalue weighted by molar-refractivity contribution is 5.75. The fraction of sp³-hybridized carbons (Fsp3) is 0.667. The van der Waals surface area contributed by atoms with Gasteiger partial charge in [-0.05, 0) is 12.5 Å². The first-order chi connectivity index (χ1) is 7.11. The lowest BCUT2D eigenvalue weighted by molar-refractivity contribution is -0.122. The van der Waals surface area contributed by atoms with Gasteiger partial charge in [-0.25, -0.2) is 0 Å². The van der Waals surface area contributed by atoms with Crippen LogP contribution in [0.1, 0.15) is 25.1 Å². The molecule has 1 heterocycles. The van der Waals surface area contributed by atoms with Gasteiger partial charge in [0.05, 0.1) is 6.54 Å². The predicted molar refractivity (Wildman–Crippen MR) is 53.7 cm³/mol. The Bertz CT molecular complexity index is 324. The van der Waals surface area contributed by atoms with E-state index in [1.54, 1.807) is 6.92 Å². The molecule has 1 rings (SSSR count). The summed E-state index contributed by atoms with van der Waals surface area (Å²) in [5, 5.41) is 6.36. The van der Waals surface area contributed by atoms with Crippen LogP contribution in [0.25, 0.3) is 0 Å². The van der Waals surface area contributed by atoms with Crippen LogP contribution < -0.4 is 11.1 Å². The van der Waals surface area contributed by atoms with Crippen LogP contribution in [0.5, 0.6) is 0 Å². The van der Waals surface area contributed by atoms with E-state index in [2.05, 4.69) is 15.5 Å². The molecule has 0 fully saturated rings. The summed E-state index contributed by atoms with van der Waals surface area (Å²) in [6.07, 6.45) is 0.424. The SMILES string of the molecule is Cc1nc(CNC(=O)CC(C)CN)no1. The van der Waals surface area contributed by atoms with Crippen molar-refractivity contribution in [3.63, 3.8) is 0 Å². The van der Waals surface area contributed by atoms with Crippen molar-refractivity contribution >= 4 is 5.91 Å². The Balaban J connectivity index is 2.28. The zero-order valence-corrected chi connectivity index (χ0v) is 8.99. The summed E-state index contributed by atoms with van der Waals surface area (Å²) in [6, 6.07) is 0. The summed E-state index contributed by atoms with van der Waals surface area (Å²) >= 11 is 0. The number of hydrogen-bond donors (Lipinski definition) is 2. The minimum absolute atomic E-state index is 0.0459. The van der Waals surface area contributed by atoms with Crippen LogP contribution in [-0.2, 0) is 11.3 Å². The summed E-state index contributed by atoms with van der Waals surface area (Å²) in [5.74, 6) is 1.13. The molecule has 0 aliphatic rings. The van der Waals surface area contributed by atoms with E-state index in [1.165, 1.54) is 0 Å². The van der Waals surface area contributed by atoms with Gasteiger partial charge in [0.15, 0.2) is 5.82 Å². The van der Waals surface area contributed by atoms with Crippen molar-refractivity contribution in [2.75, 3.05) is 6.54 Å². The molecule has 1 amide bonds. The molecule has 15 heavy (non-hydrogen) atoms. The summed E-state index contributed by atoms with van der Waals surface area (Å²) in [7, 11) is 0. The van der Waals surface area contributed by atoms with Gasteiger partial charge in [0.1, 0.15) is 0 Å². The van der Waals surface area contributed by atoms with Gasteiger partial charge in [-0.1, -0.05) is 12.1 Å². The van der Waals surface area contributed by atoms with Gasteiger partial charge in [-0.15, -0.1) is 0 Å². The summed E-state index contributed by atoms with van der Waals surface area (Å²) in [6.45, 7) is 4.44. The molecule has 1 atom stereocenters. The highest BCUT2D eigenvalue weighted by atomic mass is 16.5. The number of nitrogens with one attached hydrogen (secondary N) is 1. The molecule has 0 spiro atoms. The van der Waals surface area contributed by atoms with Crippen molar-refractivity contribution in [3.05, 3.63) is 11.7 Å². The third-order valence-electron chi connectivity index (χ3n) is 1.95. The number of carbonyl (C=O) groups is 1. The second kappa shape index (κ2) is 5.45. The molecule has 0 aliphatic heterocycles. The fourth-order valence-corrected chi connectivity index (χ4v) is 1.06. The highest BCUT2D eigenvalue weighted by Crippen LogP contribution is 1.99. The van der Waals surface area contributed by atoms with Gasteiger partial charge in [-0.3, -0.25) is 4.79 Å². The molecular weight excluding hydrogens is 196 g/mol. The first kappa shape index (κ1) is 11.6. The van der Waals surface area contributed by atoms with Crippen molar-refractivity contribution in [2.24, 2.45) is 11.7 Å². The normalized spacial score (nSPS) is 12.5.